The number of fused-ring (bicyclic) bond motifs is 2. The van der Waals surface area contributed by atoms with E-state index in [4.69, 9.17) is 4.74 Å². The molecular formula is C26H32F3N7O2S. The first-order valence-electron chi connectivity index (χ1n) is 13.4. The zero-order chi connectivity index (χ0) is 27.4. The van der Waals surface area contributed by atoms with Gasteiger partial charge in [0, 0.05) is 70.4 Å². The second kappa shape index (κ2) is 10.0. The molecule has 0 aromatic carbocycles. The van der Waals surface area contributed by atoms with E-state index in [2.05, 4.69) is 26.4 Å². The van der Waals surface area contributed by atoms with E-state index >= 15 is 0 Å². The maximum absolute atomic E-state index is 13.9. The van der Waals surface area contributed by atoms with Crippen LogP contribution < -0.4 is 9.80 Å². The topological polar surface area (TPSA) is 77.9 Å². The van der Waals surface area contributed by atoms with Gasteiger partial charge in [-0.1, -0.05) is 6.58 Å². The molecule has 1 spiro atoms. The predicted molar refractivity (Wildman–Crippen MR) is 141 cm³/mol. The molecule has 6 rings (SSSR count). The summed E-state index contributed by atoms with van der Waals surface area (Å²) in [7, 11) is 0. The molecule has 0 N–H and O–H groups in total. The molecule has 13 heteroatoms. The van der Waals surface area contributed by atoms with Gasteiger partial charge in [-0.05, 0) is 25.8 Å². The molecule has 210 valence electrons. The lowest BCUT2D eigenvalue weighted by Gasteiger charge is -2.53. The van der Waals surface area contributed by atoms with Crippen LogP contribution in [0, 0.1) is 0 Å². The van der Waals surface area contributed by atoms with Crippen LogP contribution in [0.4, 0.5) is 24.8 Å². The molecule has 39 heavy (non-hydrogen) atoms. The van der Waals surface area contributed by atoms with Gasteiger partial charge in [0.1, 0.15) is 17.2 Å². The summed E-state index contributed by atoms with van der Waals surface area (Å²) in [5, 5.41) is 0. The molecule has 1 amide bonds. The summed E-state index contributed by atoms with van der Waals surface area (Å²) < 4.78 is 47.9. The first kappa shape index (κ1) is 26.5. The molecule has 3 fully saturated rings. The molecule has 0 unspecified atom stereocenters. The van der Waals surface area contributed by atoms with Gasteiger partial charge in [0.05, 0.1) is 22.7 Å². The van der Waals surface area contributed by atoms with Crippen LogP contribution in [-0.4, -0.2) is 95.2 Å². The van der Waals surface area contributed by atoms with Crippen LogP contribution in [-0.2, 0) is 27.7 Å². The van der Waals surface area contributed by atoms with Crippen LogP contribution in [0.25, 0.3) is 0 Å². The summed E-state index contributed by atoms with van der Waals surface area (Å²) in [5.74, 6) is -0.580. The van der Waals surface area contributed by atoms with Gasteiger partial charge in [-0.2, -0.15) is 13.2 Å². The molecule has 0 aliphatic carbocycles. The van der Waals surface area contributed by atoms with E-state index in [0.29, 0.717) is 63.8 Å². The molecule has 0 saturated carbocycles. The van der Waals surface area contributed by atoms with Gasteiger partial charge in [-0.3, -0.25) is 9.69 Å². The number of carbonyl (C=O) groups is 1. The highest BCUT2D eigenvalue weighted by atomic mass is 32.1. The van der Waals surface area contributed by atoms with Gasteiger partial charge >= 0.3 is 6.18 Å². The summed E-state index contributed by atoms with van der Waals surface area (Å²) in [4.78, 5) is 33.4. The smallest absolute Gasteiger partial charge is 0.369 e. The Kier molecular flexibility index (Phi) is 6.79. The minimum atomic E-state index is -4.65. The van der Waals surface area contributed by atoms with E-state index in [1.807, 2.05) is 22.2 Å². The van der Waals surface area contributed by atoms with Crippen molar-refractivity contribution in [1.82, 2.24) is 24.8 Å². The zero-order valence-electron chi connectivity index (χ0n) is 21.9. The second-order valence-corrected chi connectivity index (χ2v) is 11.5. The van der Waals surface area contributed by atoms with E-state index < -0.39 is 17.6 Å². The van der Waals surface area contributed by atoms with E-state index in [1.54, 1.807) is 22.3 Å². The standard InChI is InChI=1S/C26H32F3N7O2S/c1-3-22(37)35-11-9-33(10-12-35)19-15-36(17(19)2)21-14-20(31-24(32-21)26(27,28)29)34-7-5-25(6-8-34)23-18(4-13-38-25)30-16-39-23/h3,14,16-17,19H,1,4-13,15H2,2H3/t17-,19-/m1/s1. The van der Waals surface area contributed by atoms with Crippen molar-refractivity contribution in [2.24, 2.45) is 0 Å². The first-order chi connectivity index (χ1) is 18.7. The van der Waals surface area contributed by atoms with Crippen LogP contribution in [0.1, 0.15) is 36.2 Å². The lowest BCUT2D eigenvalue weighted by atomic mass is 9.86. The fourth-order valence-electron chi connectivity index (χ4n) is 6.27. The van der Waals surface area contributed by atoms with Crippen molar-refractivity contribution in [2.45, 2.75) is 50.0 Å². The van der Waals surface area contributed by atoms with Crippen LogP contribution in [0.5, 0.6) is 0 Å². The van der Waals surface area contributed by atoms with Crippen molar-refractivity contribution >= 4 is 28.9 Å². The number of hydrogen-bond acceptors (Lipinski definition) is 9. The van der Waals surface area contributed by atoms with E-state index in [0.717, 1.165) is 30.1 Å². The Morgan fingerprint density at radius 3 is 2.54 bits per heavy atom. The highest BCUT2D eigenvalue weighted by molar-refractivity contribution is 7.09. The Morgan fingerprint density at radius 2 is 1.87 bits per heavy atom. The van der Waals surface area contributed by atoms with E-state index in [-0.39, 0.29) is 18.0 Å². The fourth-order valence-corrected chi connectivity index (χ4v) is 7.32. The molecule has 2 aromatic rings. The van der Waals surface area contributed by atoms with Crippen molar-refractivity contribution in [3.63, 3.8) is 0 Å². The molecule has 4 aliphatic rings. The number of ether oxygens (including phenoxy) is 1. The normalized spacial score (nSPS) is 25.4. The Morgan fingerprint density at radius 1 is 1.15 bits per heavy atom. The monoisotopic (exact) mass is 563 g/mol. The number of alkyl halides is 3. The number of anilines is 2. The summed E-state index contributed by atoms with van der Waals surface area (Å²) in [6.07, 6.45) is -1.18. The number of rotatable bonds is 4. The average molecular weight is 564 g/mol. The number of hydrogen-bond donors (Lipinski definition) is 0. The van der Waals surface area contributed by atoms with E-state index in [9.17, 15) is 18.0 Å². The largest absolute Gasteiger partial charge is 0.451 e. The average Bonchev–Trinajstić information content (AvgIpc) is 3.43. The zero-order valence-corrected chi connectivity index (χ0v) is 22.7. The summed E-state index contributed by atoms with van der Waals surface area (Å²) in [5.41, 5.74) is 2.52. The predicted octanol–water partition coefficient (Wildman–Crippen LogP) is 2.93. The van der Waals surface area contributed by atoms with Crippen molar-refractivity contribution in [3.8, 4) is 0 Å². The van der Waals surface area contributed by atoms with E-state index in [1.165, 1.54) is 6.08 Å². The van der Waals surface area contributed by atoms with Gasteiger partial charge in [0.25, 0.3) is 0 Å². The maximum Gasteiger partial charge on any atom is 0.451 e. The quantitative estimate of drug-likeness (QED) is 0.526. The third-order valence-electron chi connectivity index (χ3n) is 8.62. The molecular weight excluding hydrogens is 531 g/mol. The molecule has 9 nitrogen and oxygen atoms in total. The number of thiazole rings is 1. The third kappa shape index (κ3) is 4.78. The number of amides is 1. The van der Waals surface area contributed by atoms with Crippen LogP contribution >= 0.6 is 11.3 Å². The van der Waals surface area contributed by atoms with Gasteiger partial charge in [-0.15, -0.1) is 11.3 Å². The Balaban J connectivity index is 1.17. The minimum Gasteiger partial charge on any atom is -0.369 e. The second-order valence-electron chi connectivity index (χ2n) is 10.6. The third-order valence-corrected chi connectivity index (χ3v) is 9.67. The van der Waals surface area contributed by atoms with Gasteiger partial charge in [-0.25, -0.2) is 15.0 Å². The highest BCUT2D eigenvalue weighted by Gasteiger charge is 2.45. The lowest BCUT2D eigenvalue weighted by molar-refractivity contribution is -0.144. The molecule has 2 atom stereocenters. The molecule has 6 heterocycles. The summed E-state index contributed by atoms with van der Waals surface area (Å²) >= 11 is 1.60. The Labute approximate surface area is 229 Å². The number of halogens is 3. The van der Waals surface area contributed by atoms with Gasteiger partial charge in [0.15, 0.2) is 0 Å². The number of piperazine rings is 1. The maximum atomic E-state index is 13.9. The number of nitrogens with zero attached hydrogens (tertiary/aromatic N) is 7. The van der Waals surface area contributed by atoms with Gasteiger partial charge < -0.3 is 19.4 Å². The summed E-state index contributed by atoms with van der Waals surface area (Å²) in [6, 6.07) is 1.87. The Hall–Kier alpha value is -2.77. The molecule has 0 radical (unpaired) electrons. The molecule has 0 bridgehead atoms. The van der Waals surface area contributed by atoms with Crippen LogP contribution in [0.15, 0.2) is 24.2 Å². The van der Waals surface area contributed by atoms with Gasteiger partial charge in [0.2, 0.25) is 11.7 Å². The summed E-state index contributed by atoms with van der Waals surface area (Å²) in [6.45, 7) is 10.5. The lowest BCUT2D eigenvalue weighted by Crippen LogP contribution is -2.68. The van der Waals surface area contributed by atoms with Crippen LogP contribution in [0.2, 0.25) is 0 Å². The molecule has 3 saturated heterocycles. The van der Waals surface area contributed by atoms with Crippen molar-refractivity contribution < 1.29 is 22.7 Å². The number of aromatic nitrogens is 3. The SMILES string of the molecule is C=CC(=O)N1CCN([C@@H]2CN(c3cc(N4CCC5(CC4)OCCc4ncsc45)nc(C(F)(F)F)n3)[C@@H]2C)CC1. The molecule has 2 aromatic heterocycles. The number of piperidine rings is 1. The Bertz CT molecular complexity index is 1240. The molecule has 4 aliphatic heterocycles. The van der Waals surface area contributed by atoms with Crippen LogP contribution in [0.3, 0.4) is 0 Å². The highest BCUT2D eigenvalue weighted by Crippen LogP contribution is 2.44. The van der Waals surface area contributed by atoms with Crippen molar-refractivity contribution in [1.29, 1.82) is 0 Å². The van der Waals surface area contributed by atoms with Crippen molar-refractivity contribution in [2.75, 3.05) is 62.2 Å². The minimum absolute atomic E-state index is 0.0134. The number of carbonyl (C=O) groups excluding carboxylic acids is 1. The first-order valence-corrected chi connectivity index (χ1v) is 14.3. The fraction of sp³-hybridized carbons (Fsp3) is 0.615. The van der Waals surface area contributed by atoms with Crippen molar-refractivity contribution in [3.05, 3.63) is 40.6 Å².